The van der Waals surface area contributed by atoms with Crippen LogP contribution in [0, 0.1) is 23.2 Å². The standard InChI is InChI=1S/C22H30O3/c1-15-12-16(2)22(13-24-18(4)23)14-25-20(21(15)17(22)3)11-10-19-8-6-5-7-9-19/h5-9,12,16-17,20-21H,10-11,13-14H2,1-4H3/t16-,17+,20+,21-,22-/m0/s1. The van der Waals surface area contributed by atoms with Crippen molar-refractivity contribution in [3.8, 4) is 0 Å². The molecular formula is C22H30O3. The second-order valence-corrected chi connectivity index (χ2v) is 7.90. The number of ether oxygens (including phenoxy) is 2. The molecule has 1 heterocycles. The summed E-state index contributed by atoms with van der Waals surface area (Å²) in [5, 5.41) is 0. The lowest BCUT2D eigenvalue weighted by atomic mass is 9.56. The van der Waals surface area contributed by atoms with Gasteiger partial charge in [0.1, 0.15) is 0 Å². The lowest BCUT2D eigenvalue weighted by molar-refractivity contribution is -0.179. The molecule has 0 amide bonds. The summed E-state index contributed by atoms with van der Waals surface area (Å²) >= 11 is 0. The van der Waals surface area contributed by atoms with E-state index >= 15 is 0 Å². The molecule has 3 nitrogen and oxygen atoms in total. The van der Waals surface area contributed by atoms with Crippen molar-refractivity contribution in [1.82, 2.24) is 0 Å². The first kappa shape index (κ1) is 18.2. The van der Waals surface area contributed by atoms with Gasteiger partial charge in [0, 0.05) is 18.3 Å². The number of carbonyl (C=O) groups is 1. The van der Waals surface area contributed by atoms with E-state index in [-0.39, 0.29) is 17.5 Å². The van der Waals surface area contributed by atoms with Crippen molar-refractivity contribution in [2.45, 2.75) is 46.6 Å². The van der Waals surface area contributed by atoms with Gasteiger partial charge in [-0.3, -0.25) is 4.79 Å². The van der Waals surface area contributed by atoms with Gasteiger partial charge in [0.25, 0.3) is 0 Å². The van der Waals surface area contributed by atoms with Crippen LogP contribution in [-0.2, 0) is 20.7 Å². The van der Waals surface area contributed by atoms with Crippen LogP contribution in [0.1, 0.15) is 39.7 Å². The second-order valence-electron chi connectivity index (χ2n) is 7.90. The van der Waals surface area contributed by atoms with Crippen LogP contribution in [0.5, 0.6) is 0 Å². The number of rotatable bonds is 5. The normalized spacial score (nSPS) is 34.3. The van der Waals surface area contributed by atoms with Gasteiger partial charge < -0.3 is 9.47 Å². The molecule has 0 N–H and O–H groups in total. The van der Waals surface area contributed by atoms with Crippen LogP contribution in [0.4, 0.5) is 0 Å². The Bertz CT molecular complexity index is 636. The second kappa shape index (κ2) is 7.33. The van der Waals surface area contributed by atoms with Crippen LogP contribution in [0.3, 0.4) is 0 Å². The predicted molar refractivity (Wildman–Crippen MR) is 99.1 cm³/mol. The molecule has 3 rings (SSSR count). The molecule has 1 aliphatic carbocycles. The van der Waals surface area contributed by atoms with Crippen molar-refractivity contribution in [3.05, 3.63) is 47.5 Å². The minimum atomic E-state index is -0.206. The minimum absolute atomic E-state index is 0.0981. The maximum atomic E-state index is 11.4. The van der Waals surface area contributed by atoms with Gasteiger partial charge in [-0.1, -0.05) is 55.8 Å². The summed E-state index contributed by atoms with van der Waals surface area (Å²) in [6, 6.07) is 10.6. The molecule has 1 aromatic rings. The van der Waals surface area contributed by atoms with E-state index < -0.39 is 0 Å². The topological polar surface area (TPSA) is 35.5 Å². The zero-order chi connectivity index (χ0) is 18.0. The SMILES string of the molecule is CC(=O)OC[C@]12CO[C@H](CCc3ccccc3)[C@@H](C(C)=C[C@@H]1C)[C@H]2C. The molecule has 25 heavy (non-hydrogen) atoms. The average Bonchev–Trinajstić information content (AvgIpc) is 2.58. The van der Waals surface area contributed by atoms with Gasteiger partial charge in [-0.15, -0.1) is 0 Å². The highest BCUT2D eigenvalue weighted by atomic mass is 16.5. The van der Waals surface area contributed by atoms with Crippen molar-refractivity contribution >= 4 is 5.97 Å². The number of fused-ring (bicyclic) bond motifs is 2. The monoisotopic (exact) mass is 342 g/mol. The highest BCUT2D eigenvalue weighted by Gasteiger charge is 2.53. The molecule has 1 aliphatic heterocycles. The molecule has 0 spiro atoms. The molecular weight excluding hydrogens is 312 g/mol. The Hall–Kier alpha value is -1.61. The van der Waals surface area contributed by atoms with Crippen LogP contribution in [0.15, 0.2) is 42.0 Å². The fourth-order valence-corrected chi connectivity index (χ4v) is 4.84. The Morgan fingerprint density at radius 3 is 2.68 bits per heavy atom. The summed E-state index contributed by atoms with van der Waals surface area (Å²) in [5.41, 5.74) is 2.69. The zero-order valence-electron chi connectivity index (χ0n) is 15.8. The molecule has 3 heteroatoms. The highest BCUT2D eigenvalue weighted by molar-refractivity contribution is 5.65. The summed E-state index contributed by atoms with van der Waals surface area (Å²) in [5.74, 6) is 1.00. The van der Waals surface area contributed by atoms with E-state index in [2.05, 4.69) is 57.2 Å². The molecule has 0 saturated carbocycles. The van der Waals surface area contributed by atoms with Crippen LogP contribution < -0.4 is 0 Å². The van der Waals surface area contributed by atoms with Crippen LogP contribution in [-0.4, -0.2) is 25.3 Å². The largest absolute Gasteiger partial charge is 0.465 e. The van der Waals surface area contributed by atoms with E-state index in [1.807, 2.05) is 0 Å². The fraction of sp³-hybridized carbons (Fsp3) is 0.591. The van der Waals surface area contributed by atoms with Crippen LogP contribution in [0.25, 0.3) is 0 Å². The Labute approximate surface area is 151 Å². The van der Waals surface area contributed by atoms with Gasteiger partial charge in [0.2, 0.25) is 0 Å². The van der Waals surface area contributed by atoms with Crippen molar-refractivity contribution in [2.24, 2.45) is 23.2 Å². The molecule has 2 bridgehead atoms. The summed E-state index contributed by atoms with van der Waals surface area (Å²) in [7, 11) is 0. The molecule has 0 radical (unpaired) electrons. The van der Waals surface area contributed by atoms with Gasteiger partial charge in [-0.2, -0.15) is 0 Å². The summed E-state index contributed by atoms with van der Waals surface area (Å²) in [6.45, 7) is 9.39. The third-order valence-electron chi connectivity index (χ3n) is 6.46. The number of hydrogen-bond acceptors (Lipinski definition) is 3. The maximum Gasteiger partial charge on any atom is 0.302 e. The van der Waals surface area contributed by atoms with Gasteiger partial charge in [0.15, 0.2) is 0 Å². The van der Waals surface area contributed by atoms with E-state index in [0.717, 1.165) is 12.8 Å². The van der Waals surface area contributed by atoms with Crippen LogP contribution >= 0.6 is 0 Å². The third kappa shape index (κ3) is 3.52. The smallest absolute Gasteiger partial charge is 0.302 e. The molecule has 0 unspecified atom stereocenters. The van der Waals surface area contributed by atoms with Gasteiger partial charge in [0.05, 0.1) is 19.3 Å². The first-order valence-corrected chi connectivity index (χ1v) is 9.41. The quantitative estimate of drug-likeness (QED) is 0.587. The molecule has 1 fully saturated rings. The summed E-state index contributed by atoms with van der Waals surface area (Å²) < 4.78 is 11.8. The maximum absolute atomic E-state index is 11.4. The molecule has 136 valence electrons. The van der Waals surface area contributed by atoms with Gasteiger partial charge in [-0.05, 0) is 37.2 Å². The Morgan fingerprint density at radius 2 is 2.00 bits per heavy atom. The highest BCUT2D eigenvalue weighted by Crippen LogP contribution is 2.53. The Balaban J connectivity index is 1.76. The Kier molecular flexibility index (Phi) is 5.33. The first-order chi connectivity index (χ1) is 11.9. The van der Waals surface area contributed by atoms with E-state index in [0.29, 0.717) is 31.0 Å². The predicted octanol–water partition coefficient (Wildman–Crippen LogP) is 4.42. The van der Waals surface area contributed by atoms with E-state index in [1.165, 1.54) is 18.1 Å². The van der Waals surface area contributed by atoms with Gasteiger partial charge in [-0.25, -0.2) is 0 Å². The molecule has 1 aromatic carbocycles. The van der Waals surface area contributed by atoms with Crippen molar-refractivity contribution in [1.29, 1.82) is 0 Å². The van der Waals surface area contributed by atoms with Crippen LogP contribution in [0.2, 0.25) is 0 Å². The zero-order valence-corrected chi connectivity index (χ0v) is 15.8. The number of allylic oxidation sites excluding steroid dienone is 1. The lowest BCUT2D eigenvalue weighted by Crippen LogP contribution is -2.56. The number of hydrogen-bond donors (Lipinski definition) is 0. The molecule has 0 aromatic heterocycles. The third-order valence-corrected chi connectivity index (χ3v) is 6.46. The van der Waals surface area contributed by atoms with Crippen molar-refractivity contribution in [2.75, 3.05) is 13.2 Å². The number of esters is 1. The van der Waals surface area contributed by atoms with E-state index in [9.17, 15) is 4.79 Å². The number of benzene rings is 1. The fourth-order valence-electron chi connectivity index (χ4n) is 4.84. The van der Waals surface area contributed by atoms with Gasteiger partial charge >= 0.3 is 5.97 Å². The van der Waals surface area contributed by atoms with E-state index in [4.69, 9.17) is 9.47 Å². The first-order valence-electron chi connectivity index (χ1n) is 9.41. The summed E-state index contributed by atoms with van der Waals surface area (Å²) in [4.78, 5) is 11.4. The lowest BCUT2D eigenvalue weighted by Gasteiger charge is -2.55. The molecule has 1 saturated heterocycles. The Morgan fingerprint density at radius 1 is 1.28 bits per heavy atom. The molecule has 2 aliphatic rings. The van der Waals surface area contributed by atoms with Crippen molar-refractivity contribution in [3.63, 3.8) is 0 Å². The molecule has 5 atom stereocenters. The van der Waals surface area contributed by atoms with E-state index in [1.54, 1.807) is 0 Å². The van der Waals surface area contributed by atoms with Crippen molar-refractivity contribution < 1.29 is 14.3 Å². The number of aryl methyl sites for hydroxylation is 1. The number of carbonyl (C=O) groups excluding carboxylic acids is 1. The minimum Gasteiger partial charge on any atom is -0.465 e. The average molecular weight is 342 g/mol. The summed E-state index contributed by atoms with van der Waals surface area (Å²) in [6.07, 6.45) is 4.69.